The summed E-state index contributed by atoms with van der Waals surface area (Å²) in [5, 5.41) is 20.0. The summed E-state index contributed by atoms with van der Waals surface area (Å²) in [5.74, 6) is 0. The topological polar surface area (TPSA) is 105 Å². The minimum Gasteiger partial charge on any atom is -0.387 e. The summed E-state index contributed by atoms with van der Waals surface area (Å²) in [7, 11) is 0. The Kier molecular flexibility index (Phi) is 2.69. The van der Waals surface area contributed by atoms with Crippen molar-refractivity contribution >= 4 is 0 Å². The lowest BCUT2D eigenvalue weighted by atomic mass is 9.95. The molecule has 0 radical (unpaired) electrons. The molecule has 0 amide bonds. The Balaban J connectivity index is 2.01. The van der Waals surface area contributed by atoms with Crippen molar-refractivity contribution < 1.29 is 19.3 Å². The van der Waals surface area contributed by atoms with Gasteiger partial charge in [0.1, 0.15) is 12.2 Å². The van der Waals surface area contributed by atoms with Gasteiger partial charge in [0, 0.05) is 12.3 Å². The highest BCUT2D eigenvalue weighted by atomic mass is 19.1. The first-order valence-corrected chi connectivity index (χ1v) is 6.32. The van der Waals surface area contributed by atoms with E-state index in [0.29, 0.717) is 12.8 Å². The second-order valence-electron chi connectivity index (χ2n) is 5.63. The number of alkyl halides is 1. The number of aliphatic hydroxyl groups is 2. The molecule has 4 atom stereocenters. The standard InChI is InChI=1S/C12H15FN2O5/c1-11(13)7(17)8(12(19)3-4-12)20-9(11)15-5-2-6(16)14-10(15)18/h2,5,7-9,17,19H,3-4H2,1H3,(H,14,16,18)/t7?,8-,9+,11+/m0/s1. The molecular formula is C12H15FN2O5. The number of nitrogens with zero attached hydrogens (tertiary/aromatic N) is 1. The average molecular weight is 286 g/mol. The van der Waals surface area contributed by atoms with E-state index in [-0.39, 0.29) is 0 Å². The molecule has 0 spiro atoms. The highest BCUT2D eigenvalue weighted by Gasteiger charge is 2.64. The molecule has 8 heteroatoms. The predicted octanol–water partition coefficient (Wildman–Crippen LogP) is -0.952. The van der Waals surface area contributed by atoms with Crippen molar-refractivity contribution in [3.63, 3.8) is 0 Å². The Morgan fingerprint density at radius 1 is 1.50 bits per heavy atom. The molecular weight excluding hydrogens is 271 g/mol. The Morgan fingerprint density at radius 2 is 2.15 bits per heavy atom. The third-order valence-corrected chi connectivity index (χ3v) is 4.02. The van der Waals surface area contributed by atoms with Gasteiger partial charge < -0.3 is 14.9 Å². The number of hydrogen-bond acceptors (Lipinski definition) is 5. The first-order valence-electron chi connectivity index (χ1n) is 6.32. The van der Waals surface area contributed by atoms with Gasteiger partial charge in [0.2, 0.25) is 0 Å². The van der Waals surface area contributed by atoms with E-state index in [2.05, 4.69) is 0 Å². The Hall–Kier alpha value is -1.51. The molecule has 2 aliphatic rings. The third-order valence-electron chi connectivity index (χ3n) is 4.02. The molecule has 1 aliphatic carbocycles. The smallest absolute Gasteiger partial charge is 0.330 e. The monoisotopic (exact) mass is 286 g/mol. The van der Waals surface area contributed by atoms with Gasteiger partial charge in [-0.1, -0.05) is 0 Å². The maximum Gasteiger partial charge on any atom is 0.330 e. The van der Waals surface area contributed by atoms with Crippen LogP contribution in [0.25, 0.3) is 0 Å². The van der Waals surface area contributed by atoms with Crippen LogP contribution in [0.1, 0.15) is 26.0 Å². The highest BCUT2D eigenvalue weighted by Crippen LogP contribution is 2.51. The molecule has 1 aliphatic heterocycles. The lowest BCUT2D eigenvalue weighted by molar-refractivity contribution is -0.0981. The molecule has 20 heavy (non-hydrogen) atoms. The molecule has 3 N–H and O–H groups in total. The van der Waals surface area contributed by atoms with Crippen LogP contribution in [0, 0.1) is 0 Å². The lowest BCUT2D eigenvalue weighted by Crippen LogP contribution is -2.45. The van der Waals surface area contributed by atoms with Gasteiger partial charge in [0.15, 0.2) is 11.9 Å². The maximum absolute atomic E-state index is 14.7. The van der Waals surface area contributed by atoms with E-state index in [1.165, 1.54) is 0 Å². The van der Waals surface area contributed by atoms with Crippen LogP contribution in [0.2, 0.25) is 0 Å². The molecule has 3 rings (SSSR count). The van der Waals surface area contributed by atoms with Gasteiger partial charge in [0.05, 0.1) is 5.60 Å². The van der Waals surface area contributed by atoms with E-state index in [0.717, 1.165) is 23.8 Å². The van der Waals surface area contributed by atoms with Crippen molar-refractivity contribution in [2.75, 3.05) is 0 Å². The Labute approximate surface area is 112 Å². The number of aliphatic hydroxyl groups excluding tert-OH is 1. The second-order valence-corrected chi connectivity index (χ2v) is 5.63. The van der Waals surface area contributed by atoms with Crippen molar-refractivity contribution in [3.05, 3.63) is 33.1 Å². The van der Waals surface area contributed by atoms with E-state index >= 15 is 0 Å². The molecule has 1 aromatic heterocycles. The van der Waals surface area contributed by atoms with Crippen LogP contribution in [0.15, 0.2) is 21.9 Å². The SMILES string of the molecule is C[C@@]1(F)C(O)[C@@H](C2(O)CC2)O[C@H]1n1ccc(=O)[nH]c1=O. The van der Waals surface area contributed by atoms with Gasteiger partial charge in [-0.15, -0.1) is 0 Å². The summed E-state index contributed by atoms with van der Waals surface area (Å²) in [4.78, 5) is 24.7. The zero-order chi connectivity index (χ0) is 14.7. The fourth-order valence-electron chi connectivity index (χ4n) is 2.57. The van der Waals surface area contributed by atoms with Gasteiger partial charge in [-0.3, -0.25) is 14.3 Å². The number of ether oxygens (including phenoxy) is 1. The summed E-state index contributed by atoms with van der Waals surface area (Å²) in [6.45, 7) is 1.10. The fourth-order valence-corrected chi connectivity index (χ4v) is 2.57. The first kappa shape index (κ1) is 13.5. The summed E-state index contributed by atoms with van der Waals surface area (Å²) < 4.78 is 21.0. The number of aromatic amines is 1. The summed E-state index contributed by atoms with van der Waals surface area (Å²) in [6, 6.07) is 1.06. The number of hydrogen-bond donors (Lipinski definition) is 3. The average Bonchev–Trinajstić information content (AvgIpc) is 3.04. The normalized spacial score (nSPS) is 38.9. The van der Waals surface area contributed by atoms with Crippen LogP contribution in [-0.4, -0.2) is 43.2 Å². The summed E-state index contributed by atoms with van der Waals surface area (Å²) in [5.41, 5.74) is -4.94. The Morgan fingerprint density at radius 3 is 2.70 bits per heavy atom. The zero-order valence-electron chi connectivity index (χ0n) is 10.7. The minimum atomic E-state index is -2.26. The molecule has 1 unspecified atom stereocenters. The van der Waals surface area contributed by atoms with E-state index in [1.54, 1.807) is 0 Å². The van der Waals surface area contributed by atoms with Crippen molar-refractivity contribution in [2.24, 2.45) is 0 Å². The highest BCUT2D eigenvalue weighted by molar-refractivity contribution is 5.12. The Bertz CT molecular complexity index is 648. The van der Waals surface area contributed by atoms with Crippen LogP contribution in [-0.2, 0) is 4.74 Å². The van der Waals surface area contributed by atoms with Crippen molar-refractivity contribution in [2.45, 2.75) is 49.5 Å². The summed E-state index contributed by atoms with van der Waals surface area (Å²) in [6.07, 6.45) is -2.12. The quantitative estimate of drug-likeness (QED) is 0.650. The van der Waals surface area contributed by atoms with Gasteiger partial charge in [-0.25, -0.2) is 9.18 Å². The largest absolute Gasteiger partial charge is 0.387 e. The van der Waals surface area contributed by atoms with Crippen LogP contribution < -0.4 is 11.2 Å². The zero-order valence-corrected chi connectivity index (χ0v) is 10.7. The molecule has 1 saturated carbocycles. The molecule has 0 aromatic carbocycles. The molecule has 2 fully saturated rings. The number of aromatic nitrogens is 2. The maximum atomic E-state index is 14.7. The van der Waals surface area contributed by atoms with Gasteiger partial charge >= 0.3 is 5.69 Å². The predicted molar refractivity (Wildman–Crippen MR) is 64.9 cm³/mol. The van der Waals surface area contributed by atoms with Crippen LogP contribution >= 0.6 is 0 Å². The van der Waals surface area contributed by atoms with Crippen LogP contribution in [0.3, 0.4) is 0 Å². The number of rotatable bonds is 2. The molecule has 110 valence electrons. The van der Waals surface area contributed by atoms with Crippen molar-refractivity contribution in [1.29, 1.82) is 0 Å². The van der Waals surface area contributed by atoms with Gasteiger partial charge in [-0.05, 0) is 19.8 Å². The van der Waals surface area contributed by atoms with Gasteiger partial charge in [0.25, 0.3) is 5.56 Å². The molecule has 2 heterocycles. The van der Waals surface area contributed by atoms with E-state index in [1.807, 2.05) is 4.98 Å². The lowest BCUT2D eigenvalue weighted by Gasteiger charge is -2.24. The molecule has 0 bridgehead atoms. The van der Waals surface area contributed by atoms with E-state index < -0.39 is 41.0 Å². The number of H-pyrrole nitrogens is 1. The van der Waals surface area contributed by atoms with Crippen LogP contribution in [0.5, 0.6) is 0 Å². The third kappa shape index (κ3) is 1.83. The summed E-state index contributed by atoms with van der Waals surface area (Å²) >= 11 is 0. The van der Waals surface area contributed by atoms with Gasteiger partial charge in [-0.2, -0.15) is 0 Å². The first-order chi connectivity index (χ1) is 9.25. The fraction of sp³-hybridized carbons (Fsp3) is 0.667. The minimum absolute atomic E-state index is 0.415. The molecule has 7 nitrogen and oxygen atoms in total. The van der Waals surface area contributed by atoms with Crippen LogP contribution in [0.4, 0.5) is 4.39 Å². The molecule has 1 aromatic rings. The van der Waals surface area contributed by atoms with E-state index in [9.17, 15) is 24.2 Å². The number of halogens is 1. The van der Waals surface area contributed by atoms with Crippen molar-refractivity contribution in [1.82, 2.24) is 9.55 Å². The number of nitrogens with one attached hydrogen (secondary N) is 1. The van der Waals surface area contributed by atoms with E-state index in [4.69, 9.17) is 4.74 Å². The van der Waals surface area contributed by atoms with Crippen molar-refractivity contribution in [3.8, 4) is 0 Å². The second kappa shape index (κ2) is 4.00. The molecule has 1 saturated heterocycles.